The number of halogens is 2. The minimum absolute atomic E-state index is 0. The van der Waals surface area contributed by atoms with Crippen molar-refractivity contribution in [2.45, 2.75) is 90.9 Å². The number of ether oxygens (including phenoxy) is 1. The lowest BCUT2D eigenvalue weighted by Crippen LogP contribution is -3.00. The van der Waals surface area contributed by atoms with Crippen molar-refractivity contribution >= 4 is 15.9 Å². The Bertz CT molecular complexity index is 286. The summed E-state index contributed by atoms with van der Waals surface area (Å²) in [7, 11) is 0. The quantitative estimate of drug-likeness (QED) is 0.189. The van der Waals surface area contributed by atoms with Crippen molar-refractivity contribution in [1.82, 2.24) is 0 Å². The summed E-state index contributed by atoms with van der Waals surface area (Å²) < 4.78 is 17.8. The van der Waals surface area contributed by atoms with E-state index in [1.54, 1.807) is 6.92 Å². The number of hydrogen-bond donors (Lipinski definition) is 0. The number of hydrogen-bond acceptors (Lipinski definition) is 2. The van der Waals surface area contributed by atoms with Crippen molar-refractivity contribution in [2.75, 3.05) is 6.61 Å². The Kier molecular flexibility index (Phi) is 26.7. The van der Waals surface area contributed by atoms with Crippen LogP contribution in [0.3, 0.4) is 0 Å². The van der Waals surface area contributed by atoms with Gasteiger partial charge in [0.15, 0.2) is 0 Å². The maximum atomic E-state index is 13.2. The highest BCUT2D eigenvalue weighted by atomic mass is 79.9. The molecule has 2 nitrogen and oxygen atoms in total. The molecule has 0 saturated heterocycles. The molecule has 0 aliphatic carbocycles. The van der Waals surface area contributed by atoms with Crippen LogP contribution in [0.4, 0.5) is 4.39 Å². The average molecular weight is 415 g/mol. The van der Waals surface area contributed by atoms with Crippen molar-refractivity contribution in [3.8, 4) is 0 Å². The van der Waals surface area contributed by atoms with Crippen molar-refractivity contribution in [2.24, 2.45) is 0 Å². The van der Waals surface area contributed by atoms with E-state index in [2.05, 4.69) is 11.7 Å². The van der Waals surface area contributed by atoms with Crippen LogP contribution in [0, 0.1) is 0 Å². The van der Waals surface area contributed by atoms with E-state index in [4.69, 9.17) is 0 Å². The molecule has 0 aliphatic heterocycles. The van der Waals surface area contributed by atoms with Crippen LogP contribution in [0.5, 0.6) is 0 Å². The van der Waals surface area contributed by atoms with Crippen LogP contribution in [0.25, 0.3) is 0 Å². The minimum Gasteiger partial charge on any atom is -1.00 e. The molecule has 0 fully saturated rings. The highest BCUT2D eigenvalue weighted by Crippen LogP contribution is 2.12. The molecule has 0 radical (unpaired) electrons. The van der Waals surface area contributed by atoms with Crippen molar-refractivity contribution in [1.29, 1.82) is 0 Å². The highest BCUT2D eigenvalue weighted by Gasteiger charge is 2.07. The van der Waals surface area contributed by atoms with Gasteiger partial charge in [0, 0.05) is 0 Å². The van der Waals surface area contributed by atoms with E-state index in [0.29, 0.717) is 6.42 Å². The van der Waals surface area contributed by atoms with Crippen LogP contribution in [0.2, 0.25) is 0 Å². The molecule has 0 rings (SSSR count). The molecule has 140 valence electrons. The molecular weight excluding hydrogens is 378 g/mol. The molecule has 1 unspecified atom stereocenters. The number of carbonyl (C=O) groups excluding carboxylic acids is 1. The van der Waals surface area contributed by atoms with Crippen molar-refractivity contribution < 1.29 is 30.9 Å². The van der Waals surface area contributed by atoms with E-state index in [1.165, 1.54) is 63.9 Å². The summed E-state index contributed by atoms with van der Waals surface area (Å²) in [6.45, 7) is 4.14. The Hall–Kier alpha value is 0.0500. The van der Waals surface area contributed by atoms with Crippen LogP contribution in [-0.2, 0) is 9.53 Å². The molecule has 0 aromatic rings. The van der Waals surface area contributed by atoms with Gasteiger partial charge in [0.25, 0.3) is 0 Å². The molecular formula is C18H37BrFO2P. The average Bonchev–Trinajstić information content (AvgIpc) is 2.48. The Balaban J connectivity index is -0.00000200. The first-order chi connectivity index (χ1) is 10.2. The van der Waals surface area contributed by atoms with Gasteiger partial charge in [-0.05, 0) is 35.7 Å². The van der Waals surface area contributed by atoms with Gasteiger partial charge in [0.05, 0.1) is 6.61 Å². The zero-order valence-electron chi connectivity index (χ0n) is 15.3. The van der Waals surface area contributed by atoms with Crippen molar-refractivity contribution in [3.05, 3.63) is 11.9 Å². The third-order valence-corrected chi connectivity index (χ3v) is 3.60. The number of unbranched alkanes of at least 4 members (excludes halogenated alkanes) is 11. The van der Waals surface area contributed by atoms with Gasteiger partial charge in [-0.25, -0.2) is 4.79 Å². The van der Waals surface area contributed by atoms with Gasteiger partial charge in [0.1, 0.15) is 0 Å². The summed E-state index contributed by atoms with van der Waals surface area (Å²) in [4.78, 5) is 11.0. The Morgan fingerprint density at radius 2 is 1.30 bits per heavy atom. The van der Waals surface area contributed by atoms with E-state index in [1.807, 2.05) is 0 Å². The SMILES string of the molecule is CCCCCCCCCCCCCC=C(F)C(=O)OCC.[Br-].[PH4+]. The lowest BCUT2D eigenvalue weighted by Gasteiger charge is -2.02. The number of esters is 1. The standard InChI is InChI=1S/C18H33FO2.BrH.H3P/c1-3-5-6-7-8-9-10-11-12-13-14-15-16-17(19)18(20)21-4-2;;/h16H,3-15H2,1-2H3;1H;1H3. The molecule has 0 spiro atoms. The predicted molar refractivity (Wildman–Crippen MR) is 99.4 cm³/mol. The zero-order valence-corrected chi connectivity index (χ0v) is 18.9. The monoisotopic (exact) mass is 414 g/mol. The van der Waals surface area contributed by atoms with Crippen LogP contribution in [0.15, 0.2) is 11.9 Å². The second kappa shape index (κ2) is 22.1. The third-order valence-electron chi connectivity index (χ3n) is 3.60. The first-order valence-electron chi connectivity index (χ1n) is 8.75. The van der Waals surface area contributed by atoms with E-state index < -0.39 is 11.8 Å². The molecule has 0 aliphatic rings. The summed E-state index contributed by atoms with van der Waals surface area (Å²) >= 11 is 0. The second-order valence-corrected chi connectivity index (χ2v) is 5.60. The first kappa shape index (κ1) is 27.9. The fourth-order valence-corrected chi connectivity index (χ4v) is 2.32. The lowest BCUT2D eigenvalue weighted by atomic mass is 10.1. The molecule has 0 heterocycles. The smallest absolute Gasteiger partial charge is 0.366 e. The van der Waals surface area contributed by atoms with Gasteiger partial charge >= 0.3 is 5.97 Å². The van der Waals surface area contributed by atoms with Gasteiger partial charge in [-0.3, -0.25) is 0 Å². The normalized spacial score (nSPS) is 10.7. The maximum Gasteiger partial charge on any atom is 0.366 e. The van der Waals surface area contributed by atoms with Gasteiger partial charge in [-0.15, -0.1) is 0 Å². The summed E-state index contributed by atoms with van der Waals surface area (Å²) in [5.74, 6) is -1.58. The molecule has 5 heteroatoms. The van der Waals surface area contributed by atoms with E-state index in [0.717, 1.165) is 12.8 Å². The van der Waals surface area contributed by atoms with Crippen LogP contribution in [-0.4, -0.2) is 12.6 Å². The predicted octanol–water partition coefficient (Wildman–Crippen LogP) is 2.90. The molecule has 23 heavy (non-hydrogen) atoms. The topological polar surface area (TPSA) is 26.3 Å². The van der Waals surface area contributed by atoms with Gasteiger partial charge in [-0.2, -0.15) is 4.39 Å². The second-order valence-electron chi connectivity index (χ2n) is 5.60. The van der Waals surface area contributed by atoms with E-state index in [-0.39, 0.29) is 33.5 Å². The summed E-state index contributed by atoms with van der Waals surface area (Å²) in [5, 5.41) is 0. The first-order valence-corrected chi connectivity index (χ1v) is 8.75. The van der Waals surface area contributed by atoms with Crippen LogP contribution in [0.1, 0.15) is 90.9 Å². The van der Waals surface area contributed by atoms with Gasteiger partial charge in [-0.1, -0.05) is 71.1 Å². The summed E-state index contributed by atoms with van der Waals surface area (Å²) in [6.07, 6.45) is 16.0. The largest absolute Gasteiger partial charge is 1.00 e. The summed E-state index contributed by atoms with van der Waals surface area (Å²) in [5.41, 5.74) is 0. The fraction of sp³-hybridized carbons (Fsp3) is 0.833. The van der Waals surface area contributed by atoms with E-state index in [9.17, 15) is 9.18 Å². The van der Waals surface area contributed by atoms with Crippen LogP contribution >= 0.6 is 9.90 Å². The summed E-state index contributed by atoms with van der Waals surface area (Å²) in [6, 6.07) is 0. The molecule has 0 saturated carbocycles. The number of rotatable bonds is 14. The van der Waals surface area contributed by atoms with Crippen LogP contribution < -0.4 is 17.0 Å². The number of allylic oxidation sites excluding steroid dienone is 1. The molecule has 0 bridgehead atoms. The number of carbonyl (C=O) groups is 1. The van der Waals surface area contributed by atoms with Crippen molar-refractivity contribution in [3.63, 3.8) is 0 Å². The fourth-order valence-electron chi connectivity index (χ4n) is 2.32. The minimum atomic E-state index is -0.833. The molecule has 0 aromatic heterocycles. The Morgan fingerprint density at radius 3 is 1.74 bits per heavy atom. The lowest BCUT2D eigenvalue weighted by molar-refractivity contribution is -0.140. The van der Waals surface area contributed by atoms with Gasteiger partial charge < -0.3 is 21.7 Å². The van der Waals surface area contributed by atoms with Gasteiger partial charge in [0.2, 0.25) is 5.83 Å². The molecule has 0 N–H and O–H groups in total. The third kappa shape index (κ3) is 20.0. The highest BCUT2D eigenvalue weighted by molar-refractivity contribution is 6.92. The molecule has 1 atom stereocenters. The molecule has 0 amide bonds. The van der Waals surface area contributed by atoms with E-state index >= 15 is 0 Å². The Morgan fingerprint density at radius 1 is 0.870 bits per heavy atom. The Labute approximate surface area is 156 Å². The zero-order chi connectivity index (χ0) is 15.8. The maximum absolute atomic E-state index is 13.2. The molecule has 0 aromatic carbocycles.